The third kappa shape index (κ3) is 2.88. The minimum Gasteiger partial charge on any atom is -0.370 e. The predicted molar refractivity (Wildman–Crippen MR) is 79.3 cm³/mol. The van der Waals surface area contributed by atoms with Gasteiger partial charge < -0.3 is 4.90 Å². The fourth-order valence-corrected chi connectivity index (χ4v) is 4.60. The van der Waals surface area contributed by atoms with E-state index in [9.17, 15) is 8.42 Å². The van der Waals surface area contributed by atoms with E-state index >= 15 is 0 Å². The molecule has 1 saturated heterocycles. The summed E-state index contributed by atoms with van der Waals surface area (Å²) in [5, 5.41) is 0.843. The summed E-state index contributed by atoms with van der Waals surface area (Å²) in [4.78, 5) is 2.11. The Hall–Kier alpha value is -0.550. The molecule has 0 radical (unpaired) electrons. The lowest BCUT2D eigenvalue weighted by Gasteiger charge is -2.27. The van der Waals surface area contributed by atoms with Crippen LogP contribution in [0, 0.1) is 6.92 Å². The highest BCUT2D eigenvalue weighted by atomic mass is 79.9. The fourth-order valence-electron chi connectivity index (χ4n) is 2.47. The molecule has 100 valence electrons. The molecule has 0 aromatic heterocycles. The molecule has 0 spiro atoms. The molecule has 1 aliphatic rings. The summed E-state index contributed by atoms with van der Waals surface area (Å²) in [6, 6.07) is 6.42. The first-order valence-electron chi connectivity index (χ1n) is 6.02. The van der Waals surface area contributed by atoms with Crippen LogP contribution in [-0.4, -0.2) is 33.0 Å². The highest BCUT2D eigenvalue weighted by Crippen LogP contribution is 2.26. The van der Waals surface area contributed by atoms with E-state index in [0.29, 0.717) is 5.75 Å². The largest absolute Gasteiger partial charge is 0.370 e. The van der Waals surface area contributed by atoms with Crippen molar-refractivity contribution in [2.75, 3.05) is 23.5 Å². The van der Waals surface area contributed by atoms with Crippen LogP contribution in [0.15, 0.2) is 18.2 Å². The molecule has 1 heterocycles. The second kappa shape index (κ2) is 5.21. The maximum atomic E-state index is 11.5. The third-order valence-corrected chi connectivity index (χ3v) is 5.95. The zero-order chi connectivity index (χ0) is 13.3. The van der Waals surface area contributed by atoms with Crippen LogP contribution in [0.5, 0.6) is 0 Å². The van der Waals surface area contributed by atoms with Gasteiger partial charge in [0, 0.05) is 24.1 Å². The molecule has 1 fully saturated rings. The van der Waals surface area contributed by atoms with Crippen LogP contribution in [0.2, 0.25) is 0 Å². The average molecular weight is 332 g/mol. The Labute approximate surface area is 117 Å². The molecule has 0 aliphatic carbocycles. The molecule has 18 heavy (non-hydrogen) atoms. The van der Waals surface area contributed by atoms with Crippen molar-refractivity contribution in [2.24, 2.45) is 0 Å². The summed E-state index contributed by atoms with van der Waals surface area (Å²) in [7, 11) is -0.836. The van der Waals surface area contributed by atoms with Gasteiger partial charge in [-0.2, -0.15) is 0 Å². The number of alkyl halides is 1. The molecule has 2 rings (SSSR count). The Morgan fingerprint density at radius 1 is 1.44 bits per heavy atom. The first-order valence-corrected chi connectivity index (χ1v) is 8.96. The Bertz CT molecular complexity index is 542. The first-order chi connectivity index (χ1) is 8.43. The van der Waals surface area contributed by atoms with Crippen molar-refractivity contribution >= 4 is 31.5 Å². The molecular weight excluding hydrogens is 314 g/mol. The Morgan fingerprint density at radius 3 is 2.67 bits per heavy atom. The molecule has 1 aromatic carbocycles. The lowest BCUT2D eigenvalue weighted by molar-refractivity contribution is 0.601. The standard InChI is InChI=1S/C13H18BrNO2S/c1-10-7-11(8-14)3-4-13(10)15(2)12-5-6-18(16,17)9-12/h3-4,7,12H,5-6,8-9H2,1-2H3. The molecule has 0 saturated carbocycles. The smallest absolute Gasteiger partial charge is 0.152 e. The number of aryl methyl sites for hydroxylation is 1. The molecule has 0 bridgehead atoms. The van der Waals surface area contributed by atoms with Gasteiger partial charge in [-0.15, -0.1) is 0 Å². The summed E-state index contributed by atoms with van der Waals surface area (Å²) < 4.78 is 23.1. The van der Waals surface area contributed by atoms with Crippen molar-refractivity contribution in [3.63, 3.8) is 0 Å². The van der Waals surface area contributed by atoms with Crippen LogP contribution in [-0.2, 0) is 15.2 Å². The molecule has 1 unspecified atom stereocenters. The molecule has 1 atom stereocenters. The molecule has 0 amide bonds. The summed E-state index contributed by atoms with van der Waals surface area (Å²) >= 11 is 3.44. The van der Waals surface area contributed by atoms with Crippen molar-refractivity contribution in [3.8, 4) is 0 Å². The van der Waals surface area contributed by atoms with E-state index in [1.807, 2.05) is 7.05 Å². The minimum atomic E-state index is -2.82. The van der Waals surface area contributed by atoms with Gasteiger partial charge in [0.25, 0.3) is 0 Å². The molecule has 3 nitrogen and oxygen atoms in total. The van der Waals surface area contributed by atoms with Crippen LogP contribution in [0.3, 0.4) is 0 Å². The average Bonchev–Trinajstić information content (AvgIpc) is 2.68. The number of hydrogen-bond donors (Lipinski definition) is 0. The topological polar surface area (TPSA) is 37.4 Å². The first kappa shape index (κ1) is 13.9. The van der Waals surface area contributed by atoms with Crippen LogP contribution in [0.1, 0.15) is 17.5 Å². The van der Waals surface area contributed by atoms with Gasteiger partial charge in [-0.05, 0) is 30.5 Å². The Morgan fingerprint density at radius 2 is 2.17 bits per heavy atom. The van der Waals surface area contributed by atoms with E-state index in [2.05, 4.69) is 46.0 Å². The van der Waals surface area contributed by atoms with Crippen molar-refractivity contribution in [1.29, 1.82) is 0 Å². The number of halogens is 1. The molecule has 5 heteroatoms. The van der Waals surface area contributed by atoms with Crippen LogP contribution in [0.4, 0.5) is 5.69 Å². The van der Waals surface area contributed by atoms with E-state index in [1.165, 1.54) is 11.1 Å². The fraction of sp³-hybridized carbons (Fsp3) is 0.538. The van der Waals surface area contributed by atoms with Gasteiger partial charge in [-0.25, -0.2) is 8.42 Å². The molecule has 1 aliphatic heterocycles. The van der Waals surface area contributed by atoms with Crippen LogP contribution >= 0.6 is 15.9 Å². The number of anilines is 1. The SMILES string of the molecule is Cc1cc(CBr)ccc1N(C)C1CCS(=O)(=O)C1. The number of benzene rings is 1. The quantitative estimate of drug-likeness (QED) is 0.798. The van der Waals surface area contributed by atoms with Gasteiger partial charge in [0.1, 0.15) is 0 Å². The number of sulfone groups is 1. The highest BCUT2D eigenvalue weighted by Gasteiger charge is 2.31. The Kier molecular flexibility index (Phi) is 4.02. The third-order valence-electron chi connectivity index (χ3n) is 3.55. The van der Waals surface area contributed by atoms with Gasteiger partial charge in [0.05, 0.1) is 11.5 Å². The summed E-state index contributed by atoms with van der Waals surface area (Å²) in [6.45, 7) is 2.07. The monoisotopic (exact) mass is 331 g/mol. The van der Waals surface area contributed by atoms with Gasteiger partial charge in [0.15, 0.2) is 9.84 Å². The summed E-state index contributed by atoms with van der Waals surface area (Å²) in [6.07, 6.45) is 0.735. The number of nitrogens with zero attached hydrogens (tertiary/aromatic N) is 1. The normalized spacial score (nSPS) is 22.1. The maximum absolute atomic E-state index is 11.5. The Balaban J connectivity index is 2.21. The van der Waals surface area contributed by atoms with E-state index in [-0.39, 0.29) is 11.8 Å². The van der Waals surface area contributed by atoms with E-state index in [4.69, 9.17) is 0 Å². The molecule has 0 N–H and O–H groups in total. The highest BCUT2D eigenvalue weighted by molar-refractivity contribution is 9.08. The van der Waals surface area contributed by atoms with Gasteiger partial charge in [-0.3, -0.25) is 0 Å². The second-order valence-electron chi connectivity index (χ2n) is 4.92. The van der Waals surface area contributed by atoms with E-state index in [0.717, 1.165) is 17.4 Å². The van der Waals surface area contributed by atoms with Crippen molar-refractivity contribution < 1.29 is 8.42 Å². The van der Waals surface area contributed by atoms with Crippen molar-refractivity contribution in [1.82, 2.24) is 0 Å². The van der Waals surface area contributed by atoms with Crippen LogP contribution in [0.25, 0.3) is 0 Å². The lowest BCUT2D eigenvalue weighted by atomic mass is 10.1. The van der Waals surface area contributed by atoms with Gasteiger partial charge in [-0.1, -0.05) is 28.1 Å². The van der Waals surface area contributed by atoms with Crippen LogP contribution < -0.4 is 4.90 Å². The van der Waals surface area contributed by atoms with Crippen molar-refractivity contribution in [3.05, 3.63) is 29.3 Å². The molecule has 1 aromatic rings. The van der Waals surface area contributed by atoms with Crippen molar-refractivity contribution in [2.45, 2.75) is 24.7 Å². The maximum Gasteiger partial charge on any atom is 0.152 e. The zero-order valence-corrected chi connectivity index (χ0v) is 13.1. The predicted octanol–water partition coefficient (Wildman–Crippen LogP) is 2.51. The zero-order valence-electron chi connectivity index (χ0n) is 10.7. The summed E-state index contributed by atoms with van der Waals surface area (Å²) in [5.41, 5.74) is 3.56. The summed E-state index contributed by atoms with van der Waals surface area (Å²) in [5.74, 6) is 0.601. The second-order valence-corrected chi connectivity index (χ2v) is 7.71. The molecular formula is C13H18BrNO2S. The number of hydrogen-bond acceptors (Lipinski definition) is 3. The minimum absolute atomic E-state index is 0.114. The van der Waals surface area contributed by atoms with Gasteiger partial charge >= 0.3 is 0 Å². The number of rotatable bonds is 3. The van der Waals surface area contributed by atoms with E-state index in [1.54, 1.807) is 0 Å². The van der Waals surface area contributed by atoms with E-state index < -0.39 is 9.84 Å². The van der Waals surface area contributed by atoms with Gasteiger partial charge in [0.2, 0.25) is 0 Å². The lowest BCUT2D eigenvalue weighted by Crippen LogP contribution is -2.33.